The fraction of sp³-hybridized carbons (Fsp3) is 0.435. The standard InChI is InChI=1S/C23H30N2O4S/c1-16-9-12-22(29-3)21(13-16)25(30(4,27)28)15-23(26)24-17(2)19-11-10-18-7-5-6-8-20(18)14-19/h9-14,17H,5-8,15H2,1-4H3,(H,24,26)/t17-/m1/s1. The van der Waals surface area contributed by atoms with Gasteiger partial charge in [0.15, 0.2) is 0 Å². The molecule has 0 saturated heterocycles. The number of carbonyl (C=O) groups excluding carboxylic acids is 1. The van der Waals surface area contributed by atoms with Crippen LogP contribution in [0.3, 0.4) is 0 Å². The maximum Gasteiger partial charge on any atom is 0.241 e. The molecular weight excluding hydrogens is 400 g/mol. The number of fused-ring (bicyclic) bond motifs is 1. The average Bonchev–Trinajstić information content (AvgIpc) is 2.70. The third-order valence-corrected chi connectivity index (χ3v) is 6.67. The number of rotatable bonds is 7. The molecule has 0 saturated carbocycles. The first-order valence-corrected chi connectivity index (χ1v) is 12.1. The minimum Gasteiger partial charge on any atom is -0.495 e. The van der Waals surface area contributed by atoms with Crippen LogP contribution in [0.4, 0.5) is 5.69 Å². The van der Waals surface area contributed by atoms with Gasteiger partial charge in [-0.2, -0.15) is 0 Å². The molecule has 0 unspecified atom stereocenters. The highest BCUT2D eigenvalue weighted by Gasteiger charge is 2.25. The van der Waals surface area contributed by atoms with Crippen molar-refractivity contribution >= 4 is 21.6 Å². The molecule has 0 aromatic heterocycles. The van der Waals surface area contributed by atoms with Gasteiger partial charge in [-0.1, -0.05) is 24.3 Å². The SMILES string of the molecule is COc1ccc(C)cc1N(CC(=O)N[C@H](C)c1ccc2c(c1)CCCC2)S(C)(=O)=O. The van der Waals surface area contributed by atoms with Crippen LogP contribution < -0.4 is 14.4 Å². The van der Waals surface area contributed by atoms with E-state index in [0.29, 0.717) is 11.4 Å². The number of methoxy groups -OCH3 is 1. The van der Waals surface area contributed by atoms with Gasteiger partial charge in [0.25, 0.3) is 0 Å². The molecule has 162 valence electrons. The Morgan fingerprint density at radius 2 is 1.83 bits per heavy atom. The number of benzene rings is 2. The molecular formula is C23H30N2O4S. The van der Waals surface area contributed by atoms with Gasteiger partial charge in [0.05, 0.1) is 25.1 Å². The van der Waals surface area contributed by atoms with Crippen molar-refractivity contribution in [2.45, 2.75) is 45.6 Å². The number of anilines is 1. The van der Waals surface area contributed by atoms with E-state index in [-0.39, 0.29) is 18.5 Å². The van der Waals surface area contributed by atoms with Crippen LogP contribution in [0.15, 0.2) is 36.4 Å². The molecule has 0 heterocycles. The molecule has 0 aliphatic heterocycles. The Bertz CT molecular complexity index is 1030. The van der Waals surface area contributed by atoms with Gasteiger partial charge in [0.1, 0.15) is 12.3 Å². The summed E-state index contributed by atoms with van der Waals surface area (Å²) >= 11 is 0. The van der Waals surface area contributed by atoms with Crippen LogP contribution in [0.1, 0.15) is 48.1 Å². The fourth-order valence-corrected chi connectivity index (χ4v) is 4.75. The Morgan fingerprint density at radius 1 is 1.13 bits per heavy atom. The van der Waals surface area contributed by atoms with Crippen molar-refractivity contribution in [3.8, 4) is 5.75 Å². The van der Waals surface area contributed by atoms with Crippen molar-refractivity contribution in [2.24, 2.45) is 0 Å². The first-order valence-electron chi connectivity index (χ1n) is 10.2. The summed E-state index contributed by atoms with van der Waals surface area (Å²) in [5, 5.41) is 2.94. The Hall–Kier alpha value is -2.54. The lowest BCUT2D eigenvalue weighted by Gasteiger charge is -2.25. The van der Waals surface area contributed by atoms with Gasteiger partial charge in [0, 0.05) is 0 Å². The summed E-state index contributed by atoms with van der Waals surface area (Å²) in [6.45, 7) is 3.47. The predicted octanol–water partition coefficient (Wildman–Crippen LogP) is 3.53. The number of nitrogens with zero attached hydrogens (tertiary/aromatic N) is 1. The molecule has 3 rings (SSSR count). The van der Waals surface area contributed by atoms with Crippen molar-refractivity contribution in [3.63, 3.8) is 0 Å². The van der Waals surface area contributed by atoms with Crippen LogP contribution in [0, 0.1) is 6.92 Å². The Balaban J connectivity index is 1.78. The predicted molar refractivity (Wildman–Crippen MR) is 120 cm³/mol. The van der Waals surface area contributed by atoms with E-state index in [1.54, 1.807) is 12.1 Å². The van der Waals surface area contributed by atoms with Crippen molar-refractivity contribution < 1.29 is 17.9 Å². The van der Waals surface area contributed by atoms with Gasteiger partial charge < -0.3 is 10.1 Å². The third-order valence-electron chi connectivity index (χ3n) is 5.54. The molecule has 1 N–H and O–H groups in total. The van der Waals surface area contributed by atoms with Crippen LogP contribution in [-0.4, -0.2) is 34.2 Å². The largest absolute Gasteiger partial charge is 0.495 e. The van der Waals surface area contributed by atoms with E-state index in [2.05, 4.69) is 17.4 Å². The number of hydrogen-bond donors (Lipinski definition) is 1. The molecule has 0 bridgehead atoms. The number of amides is 1. The highest BCUT2D eigenvalue weighted by atomic mass is 32.2. The minimum absolute atomic E-state index is 0.217. The zero-order chi connectivity index (χ0) is 21.9. The second kappa shape index (κ2) is 9.08. The summed E-state index contributed by atoms with van der Waals surface area (Å²) in [7, 11) is -2.20. The monoisotopic (exact) mass is 430 g/mol. The van der Waals surface area contributed by atoms with Crippen LogP contribution in [0.2, 0.25) is 0 Å². The fourth-order valence-electron chi connectivity index (χ4n) is 3.90. The van der Waals surface area contributed by atoms with Crippen molar-refractivity contribution in [2.75, 3.05) is 24.2 Å². The molecule has 7 heteroatoms. The lowest BCUT2D eigenvalue weighted by Crippen LogP contribution is -2.41. The summed E-state index contributed by atoms with van der Waals surface area (Å²) in [4.78, 5) is 12.8. The van der Waals surface area contributed by atoms with Gasteiger partial charge in [-0.05, 0) is 73.9 Å². The molecule has 2 aromatic rings. The second-order valence-electron chi connectivity index (χ2n) is 7.97. The molecule has 30 heavy (non-hydrogen) atoms. The summed E-state index contributed by atoms with van der Waals surface area (Å²) in [6, 6.07) is 11.4. The Labute approximate surface area is 179 Å². The van der Waals surface area contributed by atoms with Gasteiger partial charge >= 0.3 is 0 Å². The van der Waals surface area contributed by atoms with Crippen molar-refractivity contribution in [1.82, 2.24) is 5.32 Å². The molecule has 0 fully saturated rings. The van der Waals surface area contributed by atoms with E-state index >= 15 is 0 Å². The van der Waals surface area contributed by atoms with Crippen LogP contribution in [0.5, 0.6) is 5.75 Å². The summed E-state index contributed by atoms with van der Waals surface area (Å²) in [6.07, 6.45) is 5.69. The Morgan fingerprint density at radius 3 is 2.50 bits per heavy atom. The number of ether oxygens (including phenoxy) is 1. The van der Waals surface area contributed by atoms with E-state index < -0.39 is 10.0 Å². The average molecular weight is 431 g/mol. The number of nitrogens with one attached hydrogen (secondary N) is 1. The molecule has 1 atom stereocenters. The van der Waals surface area contributed by atoms with E-state index in [1.807, 2.05) is 26.0 Å². The minimum atomic E-state index is -3.68. The molecule has 2 aromatic carbocycles. The smallest absolute Gasteiger partial charge is 0.241 e. The summed E-state index contributed by atoms with van der Waals surface area (Å²) in [5.74, 6) is 0.0377. The molecule has 0 radical (unpaired) electrons. The number of hydrogen-bond acceptors (Lipinski definition) is 4. The van der Waals surface area contributed by atoms with Crippen LogP contribution >= 0.6 is 0 Å². The molecule has 0 spiro atoms. The maximum absolute atomic E-state index is 12.8. The molecule has 1 aliphatic rings. The zero-order valence-corrected chi connectivity index (χ0v) is 18.9. The molecule has 1 amide bonds. The van der Waals surface area contributed by atoms with Crippen LogP contribution in [-0.2, 0) is 27.7 Å². The zero-order valence-electron chi connectivity index (χ0n) is 18.1. The van der Waals surface area contributed by atoms with E-state index in [0.717, 1.165) is 34.5 Å². The van der Waals surface area contributed by atoms with Crippen LogP contribution in [0.25, 0.3) is 0 Å². The molecule has 1 aliphatic carbocycles. The number of sulfonamides is 1. The first-order chi connectivity index (χ1) is 14.2. The Kier molecular flexibility index (Phi) is 6.71. The van der Waals surface area contributed by atoms with E-state index in [4.69, 9.17) is 4.74 Å². The second-order valence-corrected chi connectivity index (χ2v) is 9.88. The summed E-state index contributed by atoms with van der Waals surface area (Å²) in [5.41, 5.74) is 5.00. The van der Waals surface area contributed by atoms with E-state index in [9.17, 15) is 13.2 Å². The lowest BCUT2D eigenvalue weighted by molar-refractivity contribution is -0.120. The molecule has 6 nitrogen and oxygen atoms in total. The van der Waals surface area contributed by atoms with Gasteiger partial charge in [-0.3, -0.25) is 9.10 Å². The van der Waals surface area contributed by atoms with Crippen molar-refractivity contribution in [1.29, 1.82) is 0 Å². The first kappa shape index (κ1) is 22.2. The van der Waals surface area contributed by atoms with Crippen molar-refractivity contribution in [3.05, 3.63) is 58.7 Å². The maximum atomic E-state index is 12.8. The summed E-state index contributed by atoms with van der Waals surface area (Å²) < 4.78 is 31.3. The van der Waals surface area contributed by atoms with Gasteiger partial charge in [0.2, 0.25) is 15.9 Å². The quantitative estimate of drug-likeness (QED) is 0.729. The lowest BCUT2D eigenvalue weighted by atomic mass is 9.89. The third kappa shape index (κ3) is 5.14. The number of aryl methyl sites for hydroxylation is 3. The van der Waals surface area contributed by atoms with Gasteiger partial charge in [-0.25, -0.2) is 8.42 Å². The van der Waals surface area contributed by atoms with Gasteiger partial charge in [-0.15, -0.1) is 0 Å². The highest BCUT2D eigenvalue weighted by Crippen LogP contribution is 2.31. The van der Waals surface area contributed by atoms with E-state index in [1.165, 1.54) is 31.1 Å². The topological polar surface area (TPSA) is 75.7 Å². The number of carbonyl (C=O) groups is 1. The highest BCUT2D eigenvalue weighted by molar-refractivity contribution is 7.92. The normalized spacial score (nSPS) is 14.5.